The zero-order valence-corrected chi connectivity index (χ0v) is 6.85. The second-order valence-electron chi connectivity index (χ2n) is 1.98. The molecule has 2 nitrogen and oxygen atoms in total. The van der Waals surface area contributed by atoms with Gasteiger partial charge in [-0.2, -0.15) is 0 Å². The predicted molar refractivity (Wildman–Crippen MR) is 43.3 cm³/mol. The third-order valence-corrected chi connectivity index (χ3v) is 1.05. The van der Waals surface area contributed by atoms with E-state index in [0.717, 1.165) is 19.4 Å². The molecule has 0 saturated heterocycles. The second-order valence-corrected chi connectivity index (χ2v) is 1.98. The molecule has 0 aliphatic rings. The van der Waals surface area contributed by atoms with Gasteiger partial charge in [-0.15, -0.1) is 0 Å². The lowest BCUT2D eigenvalue weighted by Crippen LogP contribution is -2.16. The van der Waals surface area contributed by atoms with Gasteiger partial charge in [0.25, 0.3) is 0 Å². The molecule has 2 heteroatoms. The van der Waals surface area contributed by atoms with E-state index in [1.165, 1.54) is 0 Å². The van der Waals surface area contributed by atoms with Gasteiger partial charge in [-0.25, -0.2) is 0 Å². The third-order valence-electron chi connectivity index (χ3n) is 1.05. The molecule has 0 radical (unpaired) electrons. The molecule has 0 heterocycles. The van der Waals surface area contributed by atoms with E-state index < -0.39 is 0 Å². The van der Waals surface area contributed by atoms with Gasteiger partial charge in [0.2, 0.25) is 0 Å². The van der Waals surface area contributed by atoms with Crippen LogP contribution in [0.15, 0.2) is 0 Å². The van der Waals surface area contributed by atoms with Crippen molar-refractivity contribution in [1.82, 2.24) is 0 Å². The smallest absolute Gasteiger partial charge is 0.00335 e. The van der Waals surface area contributed by atoms with Crippen LogP contribution in [0.3, 0.4) is 0 Å². The van der Waals surface area contributed by atoms with Crippen molar-refractivity contribution in [1.29, 1.82) is 0 Å². The minimum Gasteiger partial charge on any atom is -0.331 e. The van der Waals surface area contributed by atoms with Crippen LogP contribution < -0.4 is 11.5 Å². The van der Waals surface area contributed by atoms with Crippen molar-refractivity contribution in [2.24, 2.45) is 11.5 Å². The van der Waals surface area contributed by atoms with E-state index in [2.05, 4.69) is 13.8 Å². The van der Waals surface area contributed by atoms with Crippen molar-refractivity contribution in [3.63, 3.8) is 0 Å². The Labute approximate surface area is 58.6 Å². The van der Waals surface area contributed by atoms with Crippen molar-refractivity contribution in [3.05, 3.63) is 0 Å². The maximum Gasteiger partial charge on any atom is 0.00335 e. The predicted octanol–water partition coefficient (Wildman–Crippen LogP) is 1.10. The molecule has 4 N–H and O–H groups in total. The molecule has 0 spiro atoms. The van der Waals surface area contributed by atoms with E-state index in [1.807, 2.05) is 6.92 Å². The number of hydrogen-bond acceptors (Lipinski definition) is 2. The average Bonchev–Trinajstić information content (AvgIpc) is 1.88. The Morgan fingerprint density at radius 2 is 1.33 bits per heavy atom. The fourth-order valence-corrected chi connectivity index (χ4v) is 0.289. The maximum atomic E-state index is 5.47. The first kappa shape index (κ1) is 11.7. The van der Waals surface area contributed by atoms with Gasteiger partial charge in [0.05, 0.1) is 0 Å². The summed E-state index contributed by atoms with van der Waals surface area (Å²) < 4.78 is 0. The molecule has 0 atom stereocenters. The van der Waals surface area contributed by atoms with E-state index >= 15 is 0 Å². The van der Waals surface area contributed by atoms with Crippen LogP contribution in [0.5, 0.6) is 0 Å². The molecule has 58 valence electrons. The molecule has 0 rings (SSSR count). The minimum atomic E-state index is 0.435. The van der Waals surface area contributed by atoms with Crippen molar-refractivity contribution < 1.29 is 0 Å². The van der Waals surface area contributed by atoms with Gasteiger partial charge in [0.15, 0.2) is 0 Å². The maximum absolute atomic E-state index is 5.47. The lowest BCUT2D eigenvalue weighted by atomic mass is 10.2. The summed E-state index contributed by atoms with van der Waals surface area (Å²) >= 11 is 0. The molecule has 0 aromatic rings. The SMILES string of the molecule is CCC(N)CC.CCN. The summed E-state index contributed by atoms with van der Waals surface area (Å²) in [5, 5.41) is 0. The van der Waals surface area contributed by atoms with Crippen LogP contribution in [0.25, 0.3) is 0 Å². The van der Waals surface area contributed by atoms with Gasteiger partial charge in [-0.3, -0.25) is 0 Å². The van der Waals surface area contributed by atoms with Crippen LogP contribution in [0.2, 0.25) is 0 Å². The highest BCUT2D eigenvalue weighted by Crippen LogP contribution is 1.88. The zero-order valence-electron chi connectivity index (χ0n) is 6.85. The Morgan fingerprint density at radius 3 is 1.33 bits per heavy atom. The molecule has 0 aliphatic carbocycles. The monoisotopic (exact) mass is 132 g/mol. The molecule has 0 amide bonds. The van der Waals surface area contributed by atoms with Crippen LogP contribution in [0.4, 0.5) is 0 Å². The Bertz CT molecular complexity index is 33.9. The molecule has 0 fully saturated rings. The topological polar surface area (TPSA) is 52.0 Å². The summed E-state index contributed by atoms with van der Waals surface area (Å²) in [6.07, 6.45) is 2.22. The first-order valence-electron chi connectivity index (χ1n) is 3.68. The molecule has 0 aromatic heterocycles. The van der Waals surface area contributed by atoms with Crippen LogP contribution >= 0.6 is 0 Å². The molecule has 0 bridgehead atoms. The zero-order chi connectivity index (χ0) is 7.70. The minimum absolute atomic E-state index is 0.435. The average molecular weight is 132 g/mol. The molecular weight excluding hydrogens is 112 g/mol. The Hall–Kier alpha value is -0.0800. The van der Waals surface area contributed by atoms with E-state index in [0.29, 0.717) is 6.04 Å². The number of rotatable bonds is 2. The van der Waals surface area contributed by atoms with Gasteiger partial charge in [-0.05, 0) is 19.4 Å². The van der Waals surface area contributed by atoms with Gasteiger partial charge < -0.3 is 11.5 Å². The molecule has 9 heavy (non-hydrogen) atoms. The van der Waals surface area contributed by atoms with E-state index in [4.69, 9.17) is 11.5 Å². The lowest BCUT2D eigenvalue weighted by Gasteiger charge is -1.99. The standard InChI is InChI=1S/C5H13N.C2H7N/c1-3-5(6)4-2;1-2-3/h5H,3-4,6H2,1-2H3;2-3H2,1H3. The molecule has 0 aliphatic heterocycles. The largest absolute Gasteiger partial charge is 0.331 e. The van der Waals surface area contributed by atoms with Crippen molar-refractivity contribution >= 4 is 0 Å². The first-order chi connectivity index (χ1) is 4.22. The highest BCUT2D eigenvalue weighted by molar-refractivity contribution is 4.51. The van der Waals surface area contributed by atoms with Crippen molar-refractivity contribution in [2.45, 2.75) is 39.7 Å². The highest BCUT2D eigenvalue weighted by atomic mass is 14.6. The van der Waals surface area contributed by atoms with Gasteiger partial charge >= 0.3 is 0 Å². The highest BCUT2D eigenvalue weighted by Gasteiger charge is 1.88. The summed E-state index contributed by atoms with van der Waals surface area (Å²) in [7, 11) is 0. The summed E-state index contributed by atoms with van der Waals surface area (Å²) in [5.74, 6) is 0. The van der Waals surface area contributed by atoms with Crippen molar-refractivity contribution in [2.75, 3.05) is 6.54 Å². The van der Waals surface area contributed by atoms with E-state index in [1.54, 1.807) is 0 Å². The van der Waals surface area contributed by atoms with Crippen LogP contribution in [-0.2, 0) is 0 Å². The summed E-state index contributed by atoms with van der Waals surface area (Å²) in [4.78, 5) is 0. The summed E-state index contributed by atoms with van der Waals surface area (Å²) in [6, 6.07) is 0.435. The van der Waals surface area contributed by atoms with Crippen LogP contribution in [-0.4, -0.2) is 12.6 Å². The van der Waals surface area contributed by atoms with Crippen LogP contribution in [0.1, 0.15) is 33.6 Å². The number of nitrogens with two attached hydrogens (primary N) is 2. The van der Waals surface area contributed by atoms with Gasteiger partial charge in [0, 0.05) is 6.04 Å². The number of hydrogen-bond donors (Lipinski definition) is 2. The van der Waals surface area contributed by atoms with Gasteiger partial charge in [-0.1, -0.05) is 20.8 Å². The summed E-state index contributed by atoms with van der Waals surface area (Å²) in [6.45, 7) is 6.86. The molecular formula is C7H20N2. The lowest BCUT2D eigenvalue weighted by molar-refractivity contribution is 0.629. The molecule has 0 unspecified atom stereocenters. The Morgan fingerprint density at radius 1 is 1.11 bits per heavy atom. The van der Waals surface area contributed by atoms with E-state index in [9.17, 15) is 0 Å². The normalized spacial score (nSPS) is 8.67. The van der Waals surface area contributed by atoms with Gasteiger partial charge in [0.1, 0.15) is 0 Å². The third kappa shape index (κ3) is 18.1. The first-order valence-corrected chi connectivity index (χ1v) is 3.68. The Balaban J connectivity index is 0. The molecule has 0 aromatic carbocycles. The van der Waals surface area contributed by atoms with Crippen molar-refractivity contribution in [3.8, 4) is 0 Å². The molecule has 0 saturated carbocycles. The second kappa shape index (κ2) is 10.8. The van der Waals surface area contributed by atoms with Crippen LogP contribution in [0, 0.1) is 0 Å². The fourth-order valence-electron chi connectivity index (χ4n) is 0.289. The van der Waals surface area contributed by atoms with E-state index in [-0.39, 0.29) is 0 Å². The quantitative estimate of drug-likeness (QED) is 0.591. The Kier molecular flexibility index (Phi) is 14.0. The summed E-state index contributed by atoms with van der Waals surface area (Å²) in [5.41, 5.74) is 10.3. The fraction of sp³-hybridized carbons (Fsp3) is 1.00.